The number of rotatable bonds is 5. The van der Waals surface area contributed by atoms with Crippen LogP contribution >= 0.6 is 15.9 Å². The highest BCUT2D eigenvalue weighted by atomic mass is 79.9. The van der Waals surface area contributed by atoms with Crippen LogP contribution in [-0.4, -0.2) is 28.1 Å². The van der Waals surface area contributed by atoms with Crippen molar-refractivity contribution in [1.82, 2.24) is 20.3 Å². The van der Waals surface area contributed by atoms with Crippen LogP contribution in [-0.2, 0) is 7.05 Å². The number of nitrogens with one attached hydrogen (secondary N) is 1. The molecule has 14 heavy (non-hydrogen) atoms. The van der Waals surface area contributed by atoms with E-state index in [2.05, 4.69) is 44.6 Å². The quantitative estimate of drug-likeness (QED) is 0.816. The summed E-state index contributed by atoms with van der Waals surface area (Å²) < 4.78 is 2.54. The maximum Gasteiger partial charge on any atom is 0.155 e. The van der Waals surface area contributed by atoms with Crippen molar-refractivity contribution < 1.29 is 0 Å². The van der Waals surface area contributed by atoms with Gasteiger partial charge in [0.15, 0.2) is 4.60 Å². The van der Waals surface area contributed by atoms with E-state index in [1.165, 1.54) is 0 Å². The molecule has 1 N–H and O–H groups in total. The van der Waals surface area contributed by atoms with E-state index in [0.29, 0.717) is 0 Å². The minimum Gasteiger partial charge on any atom is -0.317 e. The predicted molar refractivity (Wildman–Crippen MR) is 60.9 cm³/mol. The molecule has 0 amide bonds. The fourth-order valence-corrected chi connectivity index (χ4v) is 1.53. The summed E-state index contributed by atoms with van der Waals surface area (Å²) in [6.07, 6.45) is 5.17. The van der Waals surface area contributed by atoms with Crippen molar-refractivity contribution in [1.29, 1.82) is 0 Å². The van der Waals surface area contributed by atoms with Gasteiger partial charge in [0.05, 0.1) is 5.69 Å². The van der Waals surface area contributed by atoms with Gasteiger partial charge in [-0.3, -0.25) is 0 Å². The average Bonchev–Trinajstić information content (AvgIpc) is 2.48. The molecule has 0 fully saturated rings. The summed E-state index contributed by atoms with van der Waals surface area (Å²) in [7, 11) is 1.88. The number of aromatic nitrogens is 3. The topological polar surface area (TPSA) is 42.7 Å². The summed E-state index contributed by atoms with van der Waals surface area (Å²) in [6, 6.07) is 0. The molecule has 1 aromatic rings. The maximum atomic E-state index is 3.89. The molecule has 0 saturated carbocycles. The fourth-order valence-electron chi connectivity index (χ4n) is 1.07. The van der Waals surface area contributed by atoms with Gasteiger partial charge in [-0.1, -0.05) is 18.2 Å². The van der Waals surface area contributed by atoms with Crippen LogP contribution in [0.5, 0.6) is 0 Å². The van der Waals surface area contributed by atoms with Gasteiger partial charge in [0.2, 0.25) is 0 Å². The van der Waals surface area contributed by atoms with Gasteiger partial charge >= 0.3 is 0 Å². The Kier molecular flexibility index (Phi) is 4.82. The van der Waals surface area contributed by atoms with Gasteiger partial charge in [0.25, 0.3) is 0 Å². The number of halogens is 1. The van der Waals surface area contributed by atoms with E-state index in [4.69, 9.17) is 0 Å². The second kappa shape index (κ2) is 5.93. The zero-order valence-corrected chi connectivity index (χ0v) is 10.1. The molecule has 1 aromatic heterocycles. The van der Waals surface area contributed by atoms with E-state index in [0.717, 1.165) is 29.8 Å². The molecule has 4 nitrogen and oxygen atoms in total. The third-order valence-corrected chi connectivity index (χ3v) is 2.41. The molecule has 5 heteroatoms. The Labute approximate surface area is 92.5 Å². The zero-order chi connectivity index (χ0) is 10.4. The van der Waals surface area contributed by atoms with Crippen molar-refractivity contribution in [3.8, 4) is 0 Å². The van der Waals surface area contributed by atoms with E-state index >= 15 is 0 Å². The smallest absolute Gasteiger partial charge is 0.155 e. The van der Waals surface area contributed by atoms with Crippen LogP contribution in [0.4, 0.5) is 0 Å². The van der Waals surface area contributed by atoms with Gasteiger partial charge in [0.1, 0.15) is 0 Å². The Hall–Kier alpha value is -0.680. The van der Waals surface area contributed by atoms with Crippen molar-refractivity contribution in [2.75, 3.05) is 13.1 Å². The van der Waals surface area contributed by atoms with Crippen molar-refractivity contribution >= 4 is 22.0 Å². The summed E-state index contributed by atoms with van der Waals surface area (Å²) in [5, 5.41) is 11.0. The molecule has 0 aliphatic rings. The molecule has 1 heterocycles. The molecule has 78 valence electrons. The monoisotopic (exact) mass is 258 g/mol. The van der Waals surface area contributed by atoms with Crippen LogP contribution in [0.1, 0.15) is 19.0 Å². The third-order valence-electron chi connectivity index (χ3n) is 1.84. The Balaban J connectivity index is 2.43. The normalized spacial score (nSPS) is 11.4. The Morgan fingerprint density at radius 2 is 2.36 bits per heavy atom. The molecular formula is C9H15BrN4. The first-order valence-electron chi connectivity index (χ1n) is 4.68. The lowest BCUT2D eigenvalue weighted by Crippen LogP contribution is -2.12. The second-order valence-corrected chi connectivity index (χ2v) is 3.68. The molecule has 0 spiro atoms. The molecule has 0 saturated heterocycles. The van der Waals surface area contributed by atoms with Crippen LogP contribution in [0.25, 0.3) is 6.08 Å². The number of hydrogen-bond acceptors (Lipinski definition) is 3. The van der Waals surface area contributed by atoms with Gasteiger partial charge in [0, 0.05) is 7.05 Å². The summed E-state index contributed by atoms with van der Waals surface area (Å²) in [4.78, 5) is 0. The molecule has 0 radical (unpaired) electrons. The third kappa shape index (κ3) is 3.23. The summed E-state index contributed by atoms with van der Waals surface area (Å²) >= 11 is 3.34. The molecule has 0 bridgehead atoms. The van der Waals surface area contributed by atoms with Gasteiger partial charge < -0.3 is 5.32 Å². The summed E-state index contributed by atoms with van der Waals surface area (Å²) in [5.41, 5.74) is 1.00. The highest BCUT2D eigenvalue weighted by Crippen LogP contribution is 2.13. The van der Waals surface area contributed by atoms with E-state index in [9.17, 15) is 0 Å². The van der Waals surface area contributed by atoms with E-state index in [-0.39, 0.29) is 0 Å². The summed E-state index contributed by atoms with van der Waals surface area (Å²) in [5.74, 6) is 0. The van der Waals surface area contributed by atoms with Crippen LogP contribution in [0.3, 0.4) is 0 Å². The van der Waals surface area contributed by atoms with E-state index in [1.54, 1.807) is 4.68 Å². The first-order chi connectivity index (χ1) is 6.75. The van der Waals surface area contributed by atoms with Crippen molar-refractivity contribution in [3.05, 3.63) is 16.4 Å². The van der Waals surface area contributed by atoms with Gasteiger partial charge in [-0.25, -0.2) is 4.68 Å². The van der Waals surface area contributed by atoms with E-state index < -0.39 is 0 Å². The molecule has 1 rings (SSSR count). The molecule has 0 aliphatic heterocycles. The lowest BCUT2D eigenvalue weighted by molar-refractivity contribution is 0.708. The number of nitrogens with zero attached hydrogens (tertiary/aromatic N) is 3. The molecule has 0 aliphatic carbocycles. The molecular weight excluding hydrogens is 244 g/mol. The number of hydrogen-bond donors (Lipinski definition) is 1. The Morgan fingerprint density at radius 3 is 2.93 bits per heavy atom. The van der Waals surface area contributed by atoms with Crippen molar-refractivity contribution in [2.45, 2.75) is 13.3 Å². The van der Waals surface area contributed by atoms with E-state index in [1.807, 2.05) is 13.1 Å². The molecule has 0 aromatic carbocycles. The SMILES string of the molecule is CCNCC/C=C/c1c(Br)nnn1C. The van der Waals surface area contributed by atoms with Crippen molar-refractivity contribution in [3.63, 3.8) is 0 Å². The highest BCUT2D eigenvalue weighted by molar-refractivity contribution is 9.10. The number of aryl methyl sites for hydroxylation is 1. The molecule has 0 unspecified atom stereocenters. The lowest BCUT2D eigenvalue weighted by Gasteiger charge is -1.96. The average molecular weight is 259 g/mol. The predicted octanol–water partition coefficient (Wildman–Crippen LogP) is 1.59. The Bertz CT molecular complexity index is 286. The first-order valence-corrected chi connectivity index (χ1v) is 5.47. The van der Waals surface area contributed by atoms with Gasteiger partial charge in [-0.15, -0.1) is 5.10 Å². The van der Waals surface area contributed by atoms with Crippen LogP contribution in [0.2, 0.25) is 0 Å². The van der Waals surface area contributed by atoms with Gasteiger partial charge in [-0.05, 0) is 41.5 Å². The standard InChI is InChI=1S/C9H15BrN4/c1-3-11-7-5-4-6-8-9(10)12-13-14(8)2/h4,6,11H,3,5,7H2,1-2H3/b6-4+. The maximum absolute atomic E-state index is 3.89. The second-order valence-electron chi connectivity index (χ2n) is 2.93. The largest absolute Gasteiger partial charge is 0.317 e. The first kappa shape index (κ1) is 11.4. The van der Waals surface area contributed by atoms with Crippen LogP contribution < -0.4 is 5.32 Å². The lowest BCUT2D eigenvalue weighted by atomic mass is 10.3. The zero-order valence-electron chi connectivity index (χ0n) is 8.50. The minimum atomic E-state index is 0.791. The van der Waals surface area contributed by atoms with Gasteiger partial charge in [-0.2, -0.15) is 0 Å². The minimum absolute atomic E-state index is 0.791. The molecule has 0 atom stereocenters. The Morgan fingerprint density at radius 1 is 1.57 bits per heavy atom. The fraction of sp³-hybridized carbons (Fsp3) is 0.556. The van der Waals surface area contributed by atoms with Crippen LogP contribution in [0.15, 0.2) is 10.7 Å². The van der Waals surface area contributed by atoms with Crippen molar-refractivity contribution in [2.24, 2.45) is 7.05 Å². The highest BCUT2D eigenvalue weighted by Gasteiger charge is 2.02. The summed E-state index contributed by atoms with van der Waals surface area (Å²) in [6.45, 7) is 4.13. The van der Waals surface area contributed by atoms with Crippen LogP contribution in [0, 0.1) is 0 Å².